The van der Waals surface area contributed by atoms with Gasteiger partial charge in [0.2, 0.25) is 0 Å². The topological polar surface area (TPSA) is 94.1 Å². The van der Waals surface area contributed by atoms with Crippen molar-refractivity contribution in [3.8, 4) is 0 Å². The SMILES string of the molecule is NC1CCC(Nc2cc([N+](=O)[O-])ccn2)CC1. The minimum absolute atomic E-state index is 0.0648. The Bertz CT molecular complexity index is 402. The number of pyridine rings is 1. The fourth-order valence-corrected chi connectivity index (χ4v) is 2.08. The average Bonchev–Trinajstić information content (AvgIpc) is 2.32. The van der Waals surface area contributed by atoms with Gasteiger partial charge in [-0.05, 0) is 25.7 Å². The number of rotatable bonds is 3. The molecule has 0 amide bonds. The second-order valence-electron chi connectivity index (χ2n) is 4.41. The van der Waals surface area contributed by atoms with Gasteiger partial charge in [0.1, 0.15) is 5.82 Å². The third-order valence-corrected chi connectivity index (χ3v) is 3.08. The molecule has 1 aliphatic carbocycles. The summed E-state index contributed by atoms with van der Waals surface area (Å²) >= 11 is 0. The van der Waals surface area contributed by atoms with Crippen molar-refractivity contribution in [2.75, 3.05) is 5.32 Å². The Kier molecular flexibility index (Phi) is 3.53. The van der Waals surface area contributed by atoms with Crippen molar-refractivity contribution in [1.29, 1.82) is 0 Å². The summed E-state index contributed by atoms with van der Waals surface area (Å²) in [6, 6.07) is 3.48. The van der Waals surface area contributed by atoms with Crippen LogP contribution in [0.25, 0.3) is 0 Å². The highest BCUT2D eigenvalue weighted by atomic mass is 16.6. The summed E-state index contributed by atoms with van der Waals surface area (Å²) in [4.78, 5) is 14.3. The Balaban J connectivity index is 1.98. The number of nitrogens with zero attached hydrogens (tertiary/aromatic N) is 2. The van der Waals surface area contributed by atoms with E-state index in [4.69, 9.17) is 5.73 Å². The van der Waals surface area contributed by atoms with Gasteiger partial charge in [-0.1, -0.05) is 0 Å². The van der Waals surface area contributed by atoms with Crippen molar-refractivity contribution < 1.29 is 4.92 Å². The summed E-state index contributed by atoms with van der Waals surface area (Å²) in [5, 5.41) is 13.8. The summed E-state index contributed by atoms with van der Waals surface area (Å²) in [5.41, 5.74) is 5.89. The van der Waals surface area contributed by atoms with Gasteiger partial charge in [-0.25, -0.2) is 4.98 Å². The number of nitrogens with two attached hydrogens (primary N) is 1. The highest BCUT2D eigenvalue weighted by molar-refractivity contribution is 5.44. The van der Waals surface area contributed by atoms with Crippen molar-refractivity contribution in [2.45, 2.75) is 37.8 Å². The molecular weight excluding hydrogens is 220 g/mol. The third kappa shape index (κ3) is 3.13. The molecule has 17 heavy (non-hydrogen) atoms. The van der Waals surface area contributed by atoms with E-state index in [1.807, 2.05) is 0 Å². The minimum atomic E-state index is -0.413. The van der Waals surface area contributed by atoms with Crippen LogP contribution in [0.1, 0.15) is 25.7 Å². The van der Waals surface area contributed by atoms with Gasteiger partial charge in [0.25, 0.3) is 5.69 Å². The van der Waals surface area contributed by atoms with Gasteiger partial charge in [0, 0.05) is 24.3 Å². The van der Waals surface area contributed by atoms with Gasteiger partial charge in [-0.3, -0.25) is 10.1 Å². The van der Waals surface area contributed by atoms with E-state index >= 15 is 0 Å². The fraction of sp³-hybridized carbons (Fsp3) is 0.545. The first kappa shape index (κ1) is 11.8. The molecule has 1 saturated carbocycles. The molecule has 0 atom stereocenters. The lowest BCUT2D eigenvalue weighted by molar-refractivity contribution is -0.384. The molecule has 3 N–H and O–H groups in total. The number of hydrogen-bond donors (Lipinski definition) is 2. The van der Waals surface area contributed by atoms with E-state index in [1.165, 1.54) is 18.3 Å². The van der Waals surface area contributed by atoms with Gasteiger partial charge in [-0.15, -0.1) is 0 Å². The lowest BCUT2D eigenvalue weighted by atomic mass is 9.92. The van der Waals surface area contributed by atoms with E-state index in [0.717, 1.165) is 25.7 Å². The molecule has 1 aromatic heterocycles. The molecule has 6 heteroatoms. The lowest BCUT2D eigenvalue weighted by Gasteiger charge is -2.27. The first-order valence-corrected chi connectivity index (χ1v) is 5.77. The van der Waals surface area contributed by atoms with Crippen LogP contribution < -0.4 is 11.1 Å². The second-order valence-corrected chi connectivity index (χ2v) is 4.41. The molecule has 0 saturated heterocycles. The van der Waals surface area contributed by atoms with E-state index in [0.29, 0.717) is 17.9 Å². The maximum atomic E-state index is 10.6. The van der Waals surface area contributed by atoms with Crippen molar-refractivity contribution >= 4 is 11.5 Å². The average molecular weight is 236 g/mol. The number of nitrogens with one attached hydrogen (secondary N) is 1. The molecule has 0 bridgehead atoms. The maximum Gasteiger partial charge on any atom is 0.274 e. The summed E-state index contributed by atoms with van der Waals surface area (Å²) in [6.07, 6.45) is 5.42. The molecule has 0 aliphatic heterocycles. The molecule has 0 radical (unpaired) electrons. The third-order valence-electron chi connectivity index (χ3n) is 3.08. The van der Waals surface area contributed by atoms with Crippen LogP contribution in [-0.4, -0.2) is 22.0 Å². The quantitative estimate of drug-likeness (QED) is 0.615. The minimum Gasteiger partial charge on any atom is -0.367 e. The van der Waals surface area contributed by atoms with Crippen LogP contribution in [0.2, 0.25) is 0 Å². The Morgan fingerprint density at radius 1 is 1.41 bits per heavy atom. The molecule has 0 spiro atoms. The fourth-order valence-electron chi connectivity index (χ4n) is 2.08. The number of aromatic nitrogens is 1. The summed E-state index contributed by atoms with van der Waals surface area (Å²) in [7, 11) is 0. The zero-order chi connectivity index (χ0) is 12.3. The van der Waals surface area contributed by atoms with Crippen LogP contribution in [0, 0.1) is 10.1 Å². The zero-order valence-electron chi connectivity index (χ0n) is 9.50. The Morgan fingerprint density at radius 2 is 2.12 bits per heavy atom. The lowest BCUT2D eigenvalue weighted by Crippen LogP contribution is -2.33. The number of hydrogen-bond acceptors (Lipinski definition) is 5. The molecular formula is C11H16N4O2. The van der Waals surface area contributed by atoms with E-state index in [2.05, 4.69) is 10.3 Å². The van der Waals surface area contributed by atoms with Crippen LogP contribution >= 0.6 is 0 Å². The van der Waals surface area contributed by atoms with Crippen molar-refractivity contribution in [3.05, 3.63) is 28.4 Å². The van der Waals surface area contributed by atoms with Crippen LogP contribution in [0.3, 0.4) is 0 Å². The van der Waals surface area contributed by atoms with Crippen LogP contribution in [0.15, 0.2) is 18.3 Å². The van der Waals surface area contributed by atoms with E-state index in [9.17, 15) is 10.1 Å². The van der Waals surface area contributed by atoms with Crippen LogP contribution in [0.4, 0.5) is 11.5 Å². The van der Waals surface area contributed by atoms with Gasteiger partial charge in [0.15, 0.2) is 0 Å². The molecule has 1 aromatic rings. The molecule has 0 unspecified atom stereocenters. The molecule has 6 nitrogen and oxygen atoms in total. The van der Waals surface area contributed by atoms with Crippen molar-refractivity contribution in [3.63, 3.8) is 0 Å². The largest absolute Gasteiger partial charge is 0.367 e. The standard InChI is InChI=1S/C11H16N4O2/c12-8-1-3-9(4-2-8)14-11-7-10(15(16)17)5-6-13-11/h5-9H,1-4,12H2,(H,13,14). The first-order valence-electron chi connectivity index (χ1n) is 5.77. The summed E-state index contributed by atoms with van der Waals surface area (Å²) in [5.74, 6) is 0.569. The van der Waals surface area contributed by atoms with Gasteiger partial charge in [-0.2, -0.15) is 0 Å². The van der Waals surface area contributed by atoms with Crippen molar-refractivity contribution in [2.24, 2.45) is 5.73 Å². The molecule has 1 fully saturated rings. The Hall–Kier alpha value is -1.69. The predicted molar refractivity (Wildman–Crippen MR) is 64.7 cm³/mol. The monoisotopic (exact) mass is 236 g/mol. The highest BCUT2D eigenvalue weighted by Crippen LogP contribution is 2.22. The number of anilines is 1. The summed E-state index contributed by atoms with van der Waals surface area (Å²) in [6.45, 7) is 0. The van der Waals surface area contributed by atoms with Crippen molar-refractivity contribution in [1.82, 2.24) is 4.98 Å². The molecule has 0 aromatic carbocycles. The Labute approximate surface area is 99.4 Å². The van der Waals surface area contributed by atoms with Crippen LogP contribution in [-0.2, 0) is 0 Å². The first-order chi connectivity index (χ1) is 8.15. The summed E-state index contributed by atoms with van der Waals surface area (Å²) < 4.78 is 0. The normalized spacial score (nSPS) is 24.3. The van der Waals surface area contributed by atoms with Gasteiger partial charge < -0.3 is 11.1 Å². The predicted octanol–water partition coefficient (Wildman–Crippen LogP) is 1.67. The van der Waals surface area contributed by atoms with E-state index in [-0.39, 0.29) is 5.69 Å². The zero-order valence-corrected chi connectivity index (χ0v) is 9.50. The van der Waals surface area contributed by atoms with Crippen LogP contribution in [0.5, 0.6) is 0 Å². The highest BCUT2D eigenvalue weighted by Gasteiger charge is 2.19. The van der Waals surface area contributed by atoms with E-state index < -0.39 is 4.92 Å². The van der Waals surface area contributed by atoms with Gasteiger partial charge in [0.05, 0.1) is 11.0 Å². The molecule has 2 rings (SSSR count). The van der Waals surface area contributed by atoms with E-state index in [1.54, 1.807) is 0 Å². The van der Waals surface area contributed by atoms with Gasteiger partial charge >= 0.3 is 0 Å². The molecule has 92 valence electrons. The maximum absolute atomic E-state index is 10.6. The Morgan fingerprint density at radius 3 is 2.76 bits per heavy atom. The molecule has 1 heterocycles. The number of nitro groups is 1. The second kappa shape index (κ2) is 5.09. The smallest absolute Gasteiger partial charge is 0.274 e. The molecule has 1 aliphatic rings.